The molecule has 2 rings (SSSR count). The molecule has 1 aliphatic rings. The van der Waals surface area contributed by atoms with Crippen molar-refractivity contribution in [2.45, 2.75) is 39.0 Å². The second-order valence-corrected chi connectivity index (χ2v) is 6.08. The molecule has 0 heterocycles. The highest BCUT2D eigenvalue weighted by molar-refractivity contribution is 9.10. The molecule has 0 aliphatic heterocycles. The van der Waals surface area contributed by atoms with Crippen LogP contribution < -0.4 is 5.32 Å². The summed E-state index contributed by atoms with van der Waals surface area (Å²) in [6.45, 7) is 1.94. The summed E-state index contributed by atoms with van der Waals surface area (Å²) >= 11 is 3.40. The Morgan fingerprint density at radius 2 is 2.05 bits per heavy atom. The fourth-order valence-corrected chi connectivity index (χ4v) is 3.03. The Hall–Kier alpha value is -1.34. The van der Waals surface area contributed by atoms with Gasteiger partial charge in [-0.2, -0.15) is 5.26 Å². The number of halogens is 1. The molecule has 1 aliphatic carbocycles. The Balaban J connectivity index is 2.18. The standard InChI is InChI=1S/C15H17BrN2O/c1-11-9-12(16)5-6-13(11)18-14(19)15(10-17)7-3-2-4-8-15/h5-6,9H,2-4,7-8H2,1H3,(H,18,19). The normalized spacial score (nSPS) is 17.5. The SMILES string of the molecule is Cc1cc(Br)ccc1NC(=O)C1(C#N)CCCCC1. The van der Waals surface area contributed by atoms with Crippen LogP contribution in [0, 0.1) is 23.7 Å². The van der Waals surface area contributed by atoms with Crippen molar-refractivity contribution in [1.82, 2.24) is 0 Å². The van der Waals surface area contributed by atoms with E-state index in [4.69, 9.17) is 0 Å². The van der Waals surface area contributed by atoms with Gasteiger partial charge in [-0.05, 0) is 43.5 Å². The fourth-order valence-electron chi connectivity index (χ4n) is 2.55. The van der Waals surface area contributed by atoms with E-state index in [0.717, 1.165) is 35.0 Å². The summed E-state index contributed by atoms with van der Waals surface area (Å²) in [5.74, 6) is -0.153. The van der Waals surface area contributed by atoms with Crippen LogP contribution in [0.1, 0.15) is 37.7 Å². The first kappa shape index (κ1) is 14.1. The van der Waals surface area contributed by atoms with Crippen molar-refractivity contribution in [3.63, 3.8) is 0 Å². The van der Waals surface area contributed by atoms with Crippen LogP contribution in [-0.4, -0.2) is 5.91 Å². The first-order valence-electron chi connectivity index (χ1n) is 6.56. The van der Waals surface area contributed by atoms with Crippen molar-refractivity contribution in [2.75, 3.05) is 5.32 Å². The van der Waals surface area contributed by atoms with Gasteiger partial charge in [0.25, 0.3) is 0 Å². The van der Waals surface area contributed by atoms with Crippen LogP contribution in [0.2, 0.25) is 0 Å². The quantitative estimate of drug-likeness (QED) is 0.889. The summed E-state index contributed by atoms with van der Waals surface area (Å²) in [5, 5.41) is 12.3. The van der Waals surface area contributed by atoms with Crippen LogP contribution in [0.4, 0.5) is 5.69 Å². The van der Waals surface area contributed by atoms with E-state index in [1.165, 1.54) is 0 Å². The number of carbonyl (C=O) groups is 1. The highest BCUT2D eigenvalue weighted by atomic mass is 79.9. The summed E-state index contributed by atoms with van der Waals surface area (Å²) in [5.41, 5.74) is 0.942. The first-order valence-corrected chi connectivity index (χ1v) is 7.35. The van der Waals surface area contributed by atoms with Crippen molar-refractivity contribution in [3.05, 3.63) is 28.2 Å². The number of hydrogen-bond donors (Lipinski definition) is 1. The average Bonchev–Trinajstić information content (AvgIpc) is 2.42. The number of aryl methyl sites for hydroxylation is 1. The van der Waals surface area contributed by atoms with Gasteiger partial charge >= 0.3 is 0 Å². The zero-order valence-corrected chi connectivity index (χ0v) is 12.6. The number of nitrogens with one attached hydrogen (secondary N) is 1. The number of hydrogen-bond acceptors (Lipinski definition) is 2. The van der Waals surface area contributed by atoms with Crippen molar-refractivity contribution in [2.24, 2.45) is 5.41 Å². The van der Waals surface area contributed by atoms with Crippen molar-refractivity contribution in [1.29, 1.82) is 5.26 Å². The zero-order valence-electron chi connectivity index (χ0n) is 11.0. The molecule has 19 heavy (non-hydrogen) atoms. The Labute approximate surface area is 122 Å². The molecule has 1 fully saturated rings. The number of nitriles is 1. The summed E-state index contributed by atoms with van der Waals surface area (Å²) in [7, 11) is 0. The minimum absolute atomic E-state index is 0.153. The highest BCUT2D eigenvalue weighted by Crippen LogP contribution is 2.37. The second-order valence-electron chi connectivity index (χ2n) is 5.17. The molecule has 1 amide bonds. The van der Waals surface area contributed by atoms with Gasteiger partial charge in [0, 0.05) is 10.2 Å². The van der Waals surface area contributed by atoms with E-state index in [1.807, 2.05) is 25.1 Å². The molecule has 4 heteroatoms. The maximum Gasteiger partial charge on any atom is 0.244 e. The topological polar surface area (TPSA) is 52.9 Å². The minimum Gasteiger partial charge on any atom is -0.324 e. The molecule has 0 radical (unpaired) electrons. The molecule has 0 aromatic heterocycles. The van der Waals surface area contributed by atoms with E-state index < -0.39 is 5.41 Å². The Bertz CT molecular complexity index is 527. The predicted octanol–water partition coefficient (Wildman–Crippen LogP) is 4.17. The third-order valence-corrected chi connectivity index (χ3v) is 4.29. The monoisotopic (exact) mass is 320 g/mol. The lowest BCUT2D eigenvalue weighted by atomic mass is 9.74. The minimum atomic E-state index is -0.836. The molecule has 0 saturated heterocycles. The lowest BCUT2D eigenvalue weighted by Gasteiger charge is -2.29. The van der Waals surface area contributed by atoms with Crippen LogP contribution in [0.3, 0.4) is 0 Å². The third kappa shape index (κ3) is 2.98. The lowest BCUT2D eigenvalue weighted by molar-refractivity contribution is -0.124. The molecule has 3 nitrogen and oxygen atoms in total. The zero-order chi connectivity index (χ0) is 13.9. The Kier molecular flexibility index (Phi) is 4.26. The molecule has 0 spiro atoms. The second kappa shape index (κ2) is 5.75. The first-order chi connectivity index (χ1) is 9.07. The summed E-state index contributed by atoms with van der Waals surface area (Å²) in [6, 6.07) is 7.96. The Morgan fingerprint density at radius 3 is 2.63 bits per heavy atom. The number of carbonyl (C=O) groups excluding carboxylic acids is 1. The van der Waals surface area contributed by atoms with Gasteiger partial charge in [0.15, 0.2) is 0 Å². The highest BCUT2D eigenvalue weighted by Gasteiger charge is 2.39. The smallest absolute Gasteiger partial charge is 0.244 e. The molecule has 1 saturated carbocycles. The molecule has 0 atom stereocenters. The van der Waals surface area contributed by atoms with Crippen LogP contribution in [-0.2, 0) is 4.79 Å². The maximum atomic E-state index is 12.4. The average molecular weight is 321 g/mol. The molecule has 1 aromatic carbocycles. The number of amides is 1. The maximum absolute atomic E-state index is 12.4. The predicted molar refractivity (Wildman–Crippen MR) is 78.6 cm³/mol. The van der Waals surface area contributed by atoms with Crippen LogP contribution in [0.25, 0.3) is 0 Å². The van der Waals surface area contributed by atoms with E-state index in [1.54, 1.807) is 0 Å². The molecule has 1 N–H and O–H groups in total. The molecular formula is C15H17BrN2O. The van der Waals surface area contributed by atoms with Crippen LogP contribution in [0.15, 0.2) is 22.7 Å². The van der Waals surface area contributed by atoms with Gasteiger partial charge in [-0.25, -0.2) is 0 Å². The Morgan fingerprint density at radius 1 is 1.37 bits per heavy atom. The third-order valence-electron chi connectivity index (χ3n) is 3.79. The van der Waals surface area contributed by atoms with E-state index in [2.05, 4.69) is 27.3 Å². The van der Waals surface area contributed by atoms with Crippen LogP contribution >= 0.6 is 15.9 Å². The van der Waals surface area contributed by atoms with Gasteiger partial charge in [-0.1, -0.05) is 35.2 Å². The van der Waals surface area contributed by atoms with Gasteiger partial charge in [0.1, 0.15) is 5.41 Å². The number of rotatable bonds is 2. The van der Waals surface area contributed by atoms with E-state index in [-0.39, 0.29) is 5.91 Å². The number of anilines is 1. The van der Waals surface area contributed by atoms with E-state index >= 15 is 0 Å². The van der Waals surface area contributed by atoms with Crippen molar-refractivity contribution >= 4 is 27.5 Å². The largest absolute Gasteiger partial charge is 0.324 e. The van der Waals surface area contributed by atoms with Gasteiger partial charge in [0.2, 0.25) is 5.91 Å². The van der Waals surface area contributed by atoms with Crippen molar-refractivity contribution < 1.29 is 4.79 Å². The van der Waals surface area contributed by atoms with Gasteiger partial charge in [-0.3, -0.25) is 4.79 Å². The number of nitrogens with zero attached hydrogens (tertiary/aromatic N) is 1. The van der Waals surface area contributed by atoms with E-state index in [0.29, 0.717) is 12.8 Å². The van der Waals surface area contributed by atoms with Gasteiger partial charge < -0.3 is 5.32 Å². The van der Waals surface area contributed by atoms with Gasteiger partial charge in [0.05, 0.1) is 6.07 Å². The lowest BCUT2D eigenvalue weighted by Crippen LogP contribution is -2.36. The molecule has 0 bridgehead atoms. The van der Waals surface area contributed by atoms with Gasteiger partial charge in [-0.15, -0.1) is 0 Å². The van der Waals surface area contributed by atoms with Crippen molar-refractivity contribution in [3.8, 4) is 6.07 Å². The fraction of sp³-hybridized carbons (Fsp3) is 0.467. The van der Waals surface area contributed by atoms with E-state index in [9.17, 15) is 10.1 Å². The summed E-state index contributed by atoms with van der Waals surface area (Å²) in [6.07, 6.45) is 4.38. The molecule has 0 unspecified atom stereocenters. The summed E-state index contributed by atoms with van der Waals surface area (Å²) < 4.78 is 0.982. The molecular weight excluding hydrogens is 304 g/mol. The molecule has 1 aromatic rings. The van der Waals surface area contributed by atoms with Crippen LogP contribution in [0.5, 0.6) is 0 Å². The molecule has 100 valence electrons. The number of benzene rings is 1. The summed E-state index contributed by atoms with van der Waals surface area (Å²) in [4.78, 5) is 12.4.